The second-order valence-electron chi connectivity index (χ2n) is 8.73. The first-order valence-electron chi connectivity index (χ1n) is 11.1. The van der Waals surface area contributed by atoms with E-state index < -0.39 is 0 Å². The maximum absolute atomic E-state index is 13.4. The molecule has 4 rings (SSSR count). The van der Waals surface area contributed by atoms with Crippen molar-refractivity contribution in [3.63, 3.8) is 0 Å². The van der Waals surface area contributed by atoms with Crippen LogP contribution in [-0.2, 0) is 0 Å². The molecular weight excluding hydrogens is 394 g/mol. The number of anilines is 2. The largest absolute Gasteiger partial charge is 0.398 e. The van der Waals surface area contributed by atoms with Crippen LogP contribution in [0, 0.1) is 13.8 Å². The lowest BCUT2D eigenvalue weighted by atomic mass is 9.96. The molecule has 0 aliphatic carbocycles. The molecule has 2 N–H and O–H groups in total. The molecule has 0 unspecified atom stereocenters. The second kappa shape index (κ2) is 9.41. The van der Waals surface area contributed by atoms with Crippen molar-refractivity contribution in [2.24, 2.45) is 0 Å². The molecule has 3 aromatic rings. The van der Waals surface area contributed by atoms with Crippen LogP contribution in [0.4, 0.5) is 11.4 Å². The average molecular weight is 426 g/mol. The number of ketones is 1. The number of hydrogen-bond acceptors (Lipinski definition) is 4. The number of nitrogen functional groups attached to an aromatic ring is 1. The summed E-state index contributed by atoms with van der Waals surface area (Å²) in [6.45, 7) is 8.01. The highest BCUT2D eigenvalue weighted by molar-refractivity contribution is 6.11. The van der Waals surface area contributed by atoms with E-state index in [1.165, 1.54) is 11.1 Å². The Hall–Kier alpha value is -3.37. The van der Waals surface area contributed by atoms with Gasteiger partial charge < -0.3 is 15.5 Å². The van der Waals surface area contributed by atoms with Crippen LogP contribution < -0.4 is 10.6 Å². The van der Waals surface area contributed by atoms with Gasteiger partial charge in [0.2, 0.25) is 0 Å². The van der Waals surface area contributed by atoms with Gasteiger partial charge in [0.1, 0.15) is 0 Å². The number of nitrogens with two attached hydrogens (primary N) is 1. The zero-order valence-corrected chi connectivity index (χ0v) is 19.1. The molecule has 0 amide bonds. The molecule has 0 aromatic heterocycles. The summed E-state index contributed by atoms with van der Waals surface area (Å²) in [5, 5.41) is 0. The van der Waals surface area contributed by atoms with Crippen molar-refractivity contribution in [2.75, 3.05) is 43.9 Å². The normalized spacial score (nSPS) is 14.8. The summed E-state index contributed by atoms with van der Waals surface area (Å²) < 4.78 is 0. The summed E-state index contributed by atoms with van der Waals surface area (Å²) in [6.07, 6.45) is 3.46. The van der Waals surface area contributed by atoms with Crippen LogP contribution in [0.3, 0.4) is 0 Å². The molecule has 4 nitrogen and oxygen atoms in total. The van der Waals surface area contributed by atoms with Gasteiger partial charge in [0, 0.05) is 43.1 Å². The molecule has 0 radical (unpaired) electrons. The van der Waals surface area contributed by atoms with Crippen molar-refractivity contribution in [3.8, 4) is 11.1 Å². The maximum atomic E-state index is 13.4. The third-order valence-electron chi connectivity index (χ3n) is 6.07. The Balaban J connectivity index is 1.73. The van der Waals surface area contributed by atoms with E-state index in [0.717, 1.165) is 54.1 Å². The first-order valence-corrected chi connectivity index (χ1v) is 11.1. The highest BCUT2D eigenvalue weighted by Crippen LogP contribution is 2.30. The number of hydrogen-bond donors (Lipinski definition) is 1. The van der Waals surface area contributed by atoms with E-state index in [4.69, 9.17) is 5.73 Å². The number of benzene rings is 3. The molecule has 1 fully saturated rings. The molecule has 0 atom stereocenters. The second-order valence-corrected chi connectivity index (χ2v) is 8.73. The topological polar surface area (TPSA) is 49.6 Å². The lowest BCUT2D eigenvalue weighted by molar-refractivity contribution is 0.104. The zero-order chi connectivity index (χ0) is 22.7. The van der Waals surface area contributed by atoms with Crippen molar-refractivity contribution in [1.82, 2.24) is 4.90 Å². The highest BCUT2D eigenvalue weighted by Gasteiger charge is 2.20. The molecule has 0 spiro atoms. The molecule has 0 saturated carbocycles. The Morgan fingerprint density at radius 1 is 0.875 bits per heavy atom. The first-order chi connectivity index (χ1) is 15.4. The fourth-order valence-corrected chi connectivity index (χ4v) is 4.30. The van der Waals surface area contributed by atoms with E-state index in [0.29, 0.717) is 5.69 Å². The molecule has 3 aromatic carbocycles. The third kappa shape index (κ3) is 4.92. The number of rotatable bonds is 5. The van der Waals surface area contributed by atoms with Gasteiger partial charge in [-0.1, -0.05) is 53.6 Å². The lowest BCUT2D eigenvalue weighted by Crippen LogP contribution is -2.45. The van der Waals surface area contributed by atoms with Crippen molar-refractivity contribution >= 4 is 23.2 Å². The summed E-state index contributed by atoms with van der Waals surface area (Å²) in [7, 11) is 2.14. The van der Waals surface area contributed by atoms with Gasteiger partial charge >= 0.3 is 0 Å². The minimum atomic E-state index is -0.00611. The van der Waals surface area contributed by atoms with E-state index in [-0.39, 0.29) is 5.78 Å². The predicted molar refractivity (Wildman–Crippen MR) is 135 cm³/mol. The van der Waals surface area contributed by atoms with Gasteiger partial charge in [0.25, 0.3) is 0 Å². The van der Waals surface area contributed by atoms with Gasteiger partial charge in [-0.3, -0.25) is 4.79 Å². The van der Waals surface area contributed by atoms with Crippen molar-refractivity contribution in [2.45, 2.75) is 13.8 Å². The van der Waals surface area contributed by atoms with Gasteiger partial charge in [0.05, 0.1) is 0 Å². The standard InChI is InChI=1S/C28H31N3O/c1-20-16-21(2)18-24(17-20)23-8-10-27(31-14-12-30(3)13-15-31)25(19-23)28(32)11-9-22-6-4-5-7-26(22)29/h4-11,16-19H,12-15,29H2,1-3H3. The number of aryl methyl sites for hydroxylation is 2. The molecular formula is C28H31N3O. The molecule has 1 heterocycles. The number of piperazine rings is 1. The van der Waals surface area contributed by atoms with E-state index in [9.17, 15) is 4.79 Å². The number of allylic oxidation sites excluding steroid dienone is 1. The molecule has 4 heteroatoms. The summed E-state index contributed by atoms with van der Waals surface area (Å²) in [5.41, 5.74) is 13.9. The van der Waals surface area contributed by atoms with Crippen LogP contribution in [0.15, 0.2) is 66.7 Å². The van der Waals surface area contributed by atoms with Crippen molar-refractivity contribution in [1.29, 1.82) is 0 Å². The summed E-state index contributed by atoms with van der Waals surface area (Å²) in [4.78, 5) is 18.1. The summed E-state index contributed by atoms with van der Waals surface area (Å²) in [6, 6.07) is 20.4. The number of nitrogens with zero attached hydrogens (tertiary/aromatic N) is 2. The van der Waals surface area contributed by atoms with E-state index >= 15 is 0 Å². The molecule has 164 valence electrons. The Labute approximate surface area is 191 Å². The highest BCUT2D eigenvalue weighted by atomic mass is 16.1. The summed E-state index contributed by atoms with van der Waals surface area (Å²) in [5.74, 6) is -0.00611. The fraction of sp³-hybridized carbons (Fsp3) is 0.250. The molecule has 1 saturated heterocycles. The lowest BCUT2D eigenvalue weighted by Gasteiger charge is -2.35. The summed E-state index contributed by atoms with van der Waals surface area (Å²) >= 11 is 0. The monoisotopic (exact) mass is 425 g/mol. The third-order valence-corrected chi connectivity index (χ3v) is 6.07. The maximum Gasteiger partial charge on any atom is 0.187 e. The number of likely N-dealkylation sites (N-methyl/N-ethyl adjacent to an activating group) is 1. The zero-order valence-electron chi connectivity index (χ0n) is 19.1. The Bertz CT molecular complexity index is 1140. The Morgan fingerprint density at radius 3 is 2.25 bits per heavy atom. The van der Waals surface area contributed by atoms with Gasteiger partial charge in [-0.05, 0) is 67.9 Å². The van der Waals surface area contributed by atoms with Crippen LogP contribution in [0.1, 0.15) is 27.0 Å². The number of carbonyl (C=O) groups is 1. The minimum absolute atomic E-state index is 0.00611. The predicted octanol–water partition coefficient (Wildman–Crippen LogP) is 5.20. The van der Waals surface area contributed by atoms with Crippen LogP contribution in [0.25, 0.3) is 17.2 Å². The SMILES string of the molecule is Cc1cc(C)cc(-c2ccc(N3CCN(C)CC3)c(C(=O)C=Cc3ccccc3N)c2)c1. The first kappa shape index (κ1) is 21.8. The molecule has 32 heavy (non-hydrogen) atoms. The van der Waals surface area contributed by atoms with Crippen LogP contribution >= 0.6 is 0 Å². The quantitative estimate of drug-likeness (QED) is 0.347. The Morgan fingerprint density at radius 2 is 1.56 bits per heavy atom. The van der Waals surface area contributed by atoms with E-state index in [2.05, 4.69) is 61.0 Å². The average Bonchev–Trinajstić information content (AvgIpc) is 2.78. The van der Waals surface area contributed by atoms with Crippen molar-refractivity contribution in [3.05, 3.63) is 89.0 Å². The minimum Gasteiger partial charge on any atom is -0.398 e. The number of para-hydroxylation sites is 1. The van der Waals surface area contributed by atoms with Crippen molar-refractivity contribution < 1.29 is 4.79 Å². The van der Waals surface area contributed by atoms with Crippen LogP contribution in [-0.4, -0.2) is 43.9 Å². The fourth-order valence-electron chi connectivity index (χ4n) is 4.30. The van der Waals surface area contributed by atoms with Gasteiger partial charge in [0.15, 0.2) is 5.78 Å². The molecule has 0 bridgehead atoms. The molecule has 1 aliphatic rings. The van der Waals surface area contributed by atoms with Gasteiger partial charge in [-0.2, -0.15) is 0 Å². The van der Waals surface area contributed by atoms with Crippen LogP contribution in [0.2, 0.25) is 0 Å². The van der Waals surface area contributed by atoms with E-state index in [1.54, 1.807) is 6.08 Å². The molecule has 1 aliphatic heterocycles. The van der Waals surface area contributed by atoms with Gasteiger partial charge in [-0.15, -0.1) is 0 Å². The van der Waals surface area contributed by atoms with E-state index in [1.807, 2.05) is 36.4 Å². The van der Waals surface area contributed by atoms with Gasteiger partial charge in [-0.25, -0.2) is 0 Å². The number of carbonyl (C=O) groups excluding carboxylic acids is 1. The Kier molecular flexibility index (Phi) is 6.42. The van der Waals surface area contributed by atoms with Crippen LogP contribution in [0.5, 0.6) is 0 Å². The smallest absolute Gasteiger partial charge is 0.187 e.